The fourth-order valence-electron chi connectivity index (χ4n) is 2.35. The first-order valence-electron chi connectivity index (χ1n) is 6.17. The first-order chi connectivity index (χ1) is 8.33. The van der Waals surface area contributed by atoms with Crippen molar-refractivity contribution in [2.75, 3.05) is 0 Å². The van der Waals surface area contributed by atoms with Gasteiger partial charge in [-0.05, 0) is 47.4 Å². The van der Waals surface area contributed by atoms with E-state index in [9.17, 15) is 0 Å². The van der Waals surface area contributed by atoms with Gasteiger partial charge in [0, 0.05) is 0 Å². The maximum absolute atomic E-state index is 2.34. The molecular weight excluding hydrogens is 204 g/mol. The van der Waals surface area contributed by atoms with Gasteiger partial charge in [0.25, 0.3) is 0 Å². The third-order valence-corrected chi connectivity index (χ3v) is 3.40. The van der Waals surface area contributed by atoms with Gasteiger partial charge < -0.3 is 0 Å². The Labute approximate surface area is 102 Å². The SMILES string of the molecule is CC1=CC=c2cc3c(cc2=CC1)CC=CC=C3. The van der Waals surface area contributed by atoms with Crippen LogP contribution in [0.3, 0.4) is 0 Å². The summed E-state index contributed by atoms with van der Waals surface area (Å²) in [5.41, 5.74) is 4.20. The van der Waals surface area contributed by atoms with E-state index < -0.39 is 0 Å². The zero-order valence-corrected chi connectivity index (χ0v) is 10.1. The Morgan fingerprint density at radius 3 is 2.82 bits per heavy atom. The predicted octanol–water partition coefficient (Wildman–Crippen LogP) is 2.72. The molecule has 0 fully saturated rings. The van der Waals surface area contributed by atoms with Crippen LogP contribution >= 0.6 is 0 Å². The van der Waals surface area contributed by atoms with E-state index >= 15 is 0 Å². The van der Waals surface area contributed by atoms with Crippen LogP contribution in [-0.4, -0.2) is 0 Å². The van der Waals surface area contributed by atoms with Gasteiger partial charge in [-0.1, -0.05) is 54.2 Å². The molecule has 0 aliphatic heterocycles. The van der Waals surface area contributed by atoms with Crippen LogP contribution in [0, 0.1) is 0 Å². The summed E-state index contributed by atoms with van der Waals surface area (Å²) in [6.07, 6.45) is 17.6. The van der Waals surface area contributed by atoms with E-state index in [1.165, 1.54) is 27.1 Å². The van der Waals surface area contributed by atoms with Gasteiger partial charge in [0.2, 0.25) is 0 Å². The molecule has 0 amide bonds. The molecule has 0 unspecified atom stereocenters. The third-order valence-electron chi connectivity index (χ3n) is 3.40. The average Bonchev–Trinajstić information content (AvgIpc) is 2.66. The van der Waals surface area contributed by atoms with Crippen molar-refractivity contribution in [2.24, 2.45) is 0 Å². The molecule has 17 heavy (non-hydrogen) atoms. The molecule has 0 atom stereocenters. The van der Waals surface area contributed by atoms with Gasteiger partial charge in [0.05, 0.1) is 0 Å². The second kappa shape index (κ2) is 4.21. The maximum Gasteiger partial charge on any atom is -0.00882 e. The second-order valence-electron chi connectivity index (χ2n) is 4.76. The van der Waals surface area contributed by atoms with E-state index in [1.807, 2.05) is 0 Å². The molecule has 0 saturated carbocycles. The molecule has 0 spiro atoms. The lowest BCUT2D eigenvalue weighted by molar-refractivity contribution is 1.23. The molecule has 1 aromatic carbocycles. The van der Waals surface area contributed by atoms with Crippen LogP contribution in [0.1, 0.15) is 24.5 Å². The zero-order valence-electron chi connectivity index (χ0n) is 10.1. The molecule has 2 aliphatic rings. The van der Waals surface area contributed by atoms with Crippen LogP contribution in [0.25, 0.3) is 18.2 Å². The summed E-state index contributed by atoms with van der Waals surface area (Å²) in [6.45, 7) is 2.19. The summed E-state index contributed by atoms with van der Waals surface area (Å²) in [5.74, 6) is 0. The summed E-state index contributed by atoms with van der Waals surface area (Å²) in [7, 11) is 0. The Morgan fingerprint density at radius 2 is 1.88 bits per heavy atom. The molecule has 0 N–H and O–H groups in total. The minimum absolute atomic E-state index is 1.04. The van der Waals surface area contributed by atoms with E-state index in [1.54, 1.807) is 0 Å². The van der Waals surface area contributed by atoms with Crippen LogP contribution in [0.15, 0.2) is 42.0 Å². The first-order valence-corrected chi connectivity index (χ1v) is 6.17. The number of rotatable bonds is 0. The van der Waals surface area contributed by atoms with Crippen molar-refractivity contribution in [3.8, 4) is 0 Å². The Morgan fingerprint density at radius 1 is 0.941 bits per heavy atom. The van der Waals surface area contributed by atoms with Gasteiger partial charge in [-0.3, -0.25) is 0 Å². The highest BCUT2D eigenvalue weighted by molar-refractivity contribution is 5.60. The highest BCUT2D eigenvalue weighted by atomic mass is 14.1. The van der Waals surface area contributed by atoms with Crippen LogP contribution in [0.2, 0.25) is 0 Å². The fourth-order valence-corrected chi connectivity index (χ4v) is 2.35. The number of fused-ring (bicyclic) bond motifs is 2. The quantitative estimate of drug-likeness (QED) is 0.630. The van der Waals surface area contributed by atoms with Gasteiger partial charge in [-0.2, -0.15) is 0 Å². The summed E-state index contributed by atoms with van der Waals surface area (Å²) in [5, 5.41) is 2.72. The van der Waals surface area contributed by atoms with Gasteiger partial charge in [0.1, 0.15) is 0 Å². The molecule has 0 bridgehead atoms. The molecule has 84 valence electrons. The molecule has 0 aromatic heterocycles. The van der Waals surface area contributed by atoms with Crippen LogP contribution < -0.4 is 10.4 Å². The molecular formula is C17H16. The van der Waals surface area contributed by atoms with Crippen LogP contribution in [0.4, 0.5) is 0 Å². The van der Waals surface area contributed by atoms with Crippen molar-refractivity contribution in [2.45, 2.75) is 19.8 Å². The standard InChI is InChI=1S/C17H16/c1-13-7-9-16-11-14-5-3-2-4-6-15(14)12-17(16)10-8-13/h2-5,7,9-12H,6,8H2,1H3. The summed E-state index contributed by atoms with van der Waals surface area (Å²) in [4.78, 5) is 0. The van der Waals surface area contributed by atoms with E-state index in [-0.39, 0.29) is 0 Å². The molecule has 0 heteroatoms. The monoisotopic (exact) mass is 220 g/mol. The molecule has 2 aliphatic carbocycles. The van der Waals surface area contributed by atoms with E-state index in [2.05, 4.69) is 61.6 Å². The first kappa shape index (κ1) is 10.3. The van der Waals surface area contributed by atoms with Crippen LogP contribution in [0.5, 0.6) is 0 Å². The minimum atomic E-state index is 1.04. The van der Waals surface area contributed by atoms with E-state index in [0.29, 0.717) is 0 Å². The summed E-state index contributed by atoms with van der Waals surface area (Å²) in [6, 6.07) is 4.65. The fraction of sp³-hybridized carbons (Fsp3) is 0.176. The predicted molar refractivity (Wildman–Crippen MR) is 74.9 cm³/mol. The average molecular weight is 220 g/mol. The molecule has 0 nitrogen and oxygen atoms in total. The van der Waals surface area contributed by atoms with Crippen molar-refractivity contribution in [1.29, 1.82) is 0 Å². The van der Waals surface area contributed by atoms with E-state index in [0.717, 1.165) is 12.8 Å². The largest absolute Gasteiger partial charge is 0.0801 e. The van der Waals surface area contributed by atoms with Crippen LogP contribution in [-0.2, 0) is 6.42 Å². The number of benzene rings is 1. The lowest BCUT2D eigenvalue weighted by Crippen LogP contribution is -2.25. The Hall–Kier alpha value is -1.82. The highest BCUT2D eigenvalue weighted by Crippen LogP contribution is 2.12. The Balaban J connectivity index is 2.26. The normalized spacial score (nSPS) is 16.9. The van der Waals surface area contributed by atoms with Gasteiger partial charge in [0.15, 0.2) is 0 Å². The van der Waals surface area contributed by atoms with Gasteiger partial charge in [-0.25, -0.2) is 0 Å². The van der Waals surface area contributed by atoms with E-state index in [4.69, 9.17) is 0 Å². The number of hydrogen-bond acceptors (Lipinski definition) is 0. The Bertz CT molecular complexity index is 652. The van der Waals surface area contributed by atoms with Crippen molar-refractivity contribution in [3.63, 3.8) is 0 Å². The van der Waals surface area contributed by atoms with Crippen molar-refractivity contribution >= 4 is 18.2 Å². The summed E-state index contributed by atoms with van der Waals surface area (Å²) < 4.78 is 0. The van der Waals surface area contributed by atoms with Gasteiger partial charge in [-0.15, -0.1) is 0 Å². The molecule has 0 radical (unpaired) electrons. The molecule has 1 aromatic rings. The lowest BCUT2D eigenvalue weighted by atomic mass is 10.0. The maximum atomic E-state index is 2.34. The second-order valence-corrected chi connectivity index (χ2v) is 4.76. The van der Waals surface area contributed by atoms with Crippen molar-refractivity contribution < 1.29 is 0 Å². The third kappa shape index (κ3) is 2.03. The van der Waals surface area contributed by atoms with Gasteiger partial charge >= 0.3 is 0 Å². The summed E-state index contributed by atoms with van der Waals surface area (Å²) >= 11 is 0. The highest BCUT2D eigenvalue weighted by Gasteiger charge is 2.02. The topological polar surface area (TPSA) is 0 Å². The minimum Gasteiger partial charge on any atom is -0.0801 e. The smallest absolute Gasteiger partial charge is 0.00882 e. The molecule has 0 saturated heterocycles. The lowest BCUT2D eigenvalue weighted by Gasteiger charge is -2.03. The number of hydrogen-bond donors (Lipinski definition) is 0. The molecule has 0 heterocycles. The Kier molecular flexibility index (Phi) is 2.56. The molecule has 3 rings (SSSR count). The van der Waals surface area contributed by atoms with Crippen molar-refractivity contribution in [3.05, 3.63) is 63.6 Å². The van der Waals surface area contributed by atoms with Crippen molar-refractivity contribution in [1.82, 2.24) is 0 Å². The number of allylic oxidation sites excluding steroid dienone is 5. The zero-order chi connectivity index (χ0) is 11.7.